The Hall–Kier alpha value is -2.25. The van der Waals surface area contributed by atoms with Crippen molar-refractivity contribution in [3.63, 3.8) is 0 Å². The lowest BCUT2D eigenvalue weighted by atomic mass is 9.81. The van der Waals surface area contributed by atoms with E-state index in [1.165, 1.54) is 0 Å². The number of hydrogen-bond acceptors (Lipinski definition) is 4. The fourth-order valence-corrected chi connectivity index (χ4v) is 4.71. The molecule has 6 nitrogen and oxygen atoms in total. The van der Waals surface area contributed by atoms with Crippen molar-refractivity contribution in [3.05, 3.63) is 63.8 Å². The minimum Gasteiger partial charge on any atom is -0.374 e. The quantitative estimate of drug-likeness (QED) is 0.429. The van der Waals surface area contributed by atoms with Crippen LogP contribution in [0.15, 0.2) is 42.5 Å². The lowest BCUT2D eigenvalue weighted by Crippen LogP contribution is -2.52. The Morgan fingerprint density at radius 1 is 1.19 bits per heavy atom. The molecule has 0 saturated carbocycles. The van der Waals surface area contributed by atoms with Gasteiger partial charge in [-0.1, -0.05) is 35.3 Å². The Balaban J connectivity index is 1.71. The summed E-state index contributed by atoms with van der Waals surface area (Å²) in [6, 6.07) is 13.3. The van der Waals surface area contributed by atoms with Crippen molar-refractivity contribution in [2.45, 2.75) is 31.5 Å². The average Bonchev–Trinajstić information content (AvgIpc) is 3.08. The van der Waals surface area contributed by atoms with Gasteiger partial charge in [-0.15, -0.1) is 0 Å². The van der Waals surface area contributed by atoms with E-state index in [-0.39, 0.29) is 5.91 Å². The first kappa shape index (κ1) is 22.0. The number of aliphatic hydroxyl groups excluding tert-OH is 1. The predicted molar refractivity (Wildman–Crippen MR) is 126 cm³/mol. The second-order valence-electron chi connectivity index (χ2n) is 8.07. The molecule has 0 bridgehead atoms. The van der Waals surface area contributed by atoms with Crippen molar-refractivity contribution < 1.29 is 9.90 Å². The molecule has 2 aromatic carbocycles. The van der Waals surface area contributed by atoms with E-state index in [0.717, 1.165) is 48.1 Å². The summed E-state index contributed by atoms with van der Waals surface area (Å²) in [5.74, 6) is -0.165. The zero-order valence-corrected chi connectivity index (χ0v) is 19.0. The van der Waals surface area contributed by atoms with E-state index in [4.69, 9.17) is 23.2 Å². The van der Waals surface area contributed by atoms with Crippen LogP contribution in [-0.2, 0) is 12.6 Å². The number of piperidine rings is 1. The number of benzene rings is 2. The number of carbonyl (C=O) groups excluding carboxylic acids is 1. The number of anilines is 1. The van der Waals surface area contributed by atoms with E-state index in [1.54, 1.807) is 19.1 Å². The number of aromatic nitrogens is 1. The molecule has 3 aromatic rings. The fraction of sp³-hybridized carbons (Fsp3) is 0.348. The minimum absolute atomic E-state index is 0.165. The van der Waals surface area contributed by atoms with Gasteiger partial charge in [0.15, 0.2) is 0 Å². The number of fused-ring (bicyclic) bond motifs is 1. The van der Waals surface area contributed by atoms with Gasteiger partial charge >= 0.3 is 0 Å². The lowest BCUT2D eigenvalue weighted by molar-refractivity contribution is 0.0864. The summed E-state index contributed by atoms with van der Waals surface area (Å²) in [6.07, 6.45) is 0.849. The van der Waals surface area contributed by atoms with Crippen LogP contribution in [0.4, 0.5) is 5.69 Å². The van der Waals surface area contributed by atoms with Gasteiger partial charge in [0.2, 0.25) is 0 Å². The van der Waals surface area contributed by atoms with E-state index in [1.807, 2.05) is 41.9 Å². The number of nitrogens with one attached hydrogen (secondary N) is 3. The first-order valence-corrected chi connectivity index (χ1v) is 11.1. The van der Waals surface area contributed by atoms with Crippen molar-refractivity contribution in [1.82, 2.24) is 15.2 Å². The molecular weight excluding hydrogens is 435 g/mol. The van der Waals surface area contributed by atoms with E-state index in [0.29, 0.717) is 15.7 Å². The summed E-state index contributed by atoms with van der Waals surface area (Å²) < 4.78 is 1.84. The first-order chi connectivity index (χ1) is 14.8. The number of aryl methyl sites for hydroxylation is 1. The first-order valence-electron chi connectivity index (χ1n) is 10.3. The van der Waals surface area contributed by atoms with E-state index in [9.17, 15) is 9.90 Å². The number of nitrogens with zero attached hydrogens (tertiary/aromatic N) is 1. The van der Waals surface area contributed by atoms with Crippen LogP contribution in [0.3, 0.4) is 0 Å². The number of rotatable bonds is 5. The van der Waals surface area contributed by atoms with Crippen molar-refractivity contribution in [3.8, 4) is 0 Å². The molecule has 0 aliphatic carbocycles. The van der Waals surface area contributed by atoms with Crippen LogP contribution in [0.2, 0.25) is 10.0 Å². The molecule has 1 aromatic heterocycles. The normalized spacial score (nSPS) is 16.8. The number of halogens is 2. The zero-order valence-electron chi connectivity index (χ0n) is 17.5. The van der Waals surface area contributed by atoms with Gasteiger partial charge in [0, 0.05) is 23.6 Å². The second-order valence-corrected chi connectivity index (χ2v) is 8.86. The summed E-state index contributed by atoms with van der Waals surface area (Å²) >= 11 is 12.5. The largest absolute Gasteiger partial charge is 0.374 e. The summed E-state index contributed by atoms with van der Waals surface area (Å²) in [5, 5.41) is 21.1. The summed E-state index contributed by atoms with van der Waals surface area (Å²) in [5.41, 5.74) is 2.67. The molecule has 1 fully saturated rings. The highest BCUT2D eigenvalue weighted by Gasteiger charge is 2.36. The Labute approximate surface area is 191 Å². The van der Waals surface area contributed by atoms with Crippen LogP contribution in [-0.4, -0.2) is 34.9 Å². The van der Waals surface area contributed by atoms with Gasteiger partial charge in [-0.3, -0.25) is 4.79 Å². The minimum atomic E-state index is -0.666. The van der Waals surface area contributed by atoms with Crippen LogP contribution in [0, 0.1) is 0 Å². The van der Waals surface area contributed by atoms with Gasteiger partial charge in [-0.2, -0.15) is 0 Å². The Bertz CT molecular complexity index is 1120. The van der Waals surface area contributed by atoms with Crippen LogP contribution >= 0.6 is 23.2 Å². The molecule has 1 atom stereocenters. The monoisotopic (exact) mass is 460 g/mol. The Kier molecular flexibility index (Phi) is 6.17. The predicted octanol–water partition coefficient (Wildman–Crippen LogP) is 4.24. The van der Waals surface area contributed by atoms with Gasteiger partial charge in [0.1, 0.15) is 11.9 Å². The molecule has 164 valence electrons. The topological polar surface area (TPSA) is 78.3 Å². The third-order valence-corrected chi connectivity index (χ3v) is 6.77. The maximum Gasteiger partial charge on any atom is 0.268 e. The molecule has 0 spiro atoms. The smallest absolute Gasteiger partial charge is 0.268 e. The van der Waals surface area contributed by atoms with Crippen molar-refractivity contribution in [2.24, 2.45) is 7.05 Å². The van der Waals surface area contributed by atoms with Crippen molar-refractivity contribution in [1.29, 1.82) is 0 Å². The SMILES string of the molecule is CC(O)Nc1cccc(C2(NC(=O)c3cc4c(Cl)c(Cl)ccc4n3C)CCNCC2)c1. The van der Waals surface area contributed by atoms with Crippen LogP contribution in [0.5, 0.6) is 0 Å². The highest BCUT2D eigenvalue weighted by molar-refractivity contribution is 6.45. The van der Waals surface area contributed by atoms with E-state index in [2.05, 4.69) is 16.0 Å². The summed E-state index contributed by atoms with van der Waals surface area (Å²) in [7, 11) is 1.85. The highest BCUT2D eigenvalue weighted by Crippen LogP contribution is 2.35. The van der Waals surface area contributed by atoms with Gasteiger partial charge in [-0.05, 0) is 68.8 Å². The van der Waals surface area contributed by atoms with Crippen LogP contribution in [0.1, 0.15) is 35.8 Å². The molecule has 1 aliphatic rings. The number of carbonyl (C=O) groups is 1. The average molecular weight is 461 g/mol. The van der Waals surface area contributed by atoms with E-state index >= 15 is 0 Å². The molecule has 8 heteroatoms. The van der Waals surface area contributed by atoms with Crippen LogP contribution in [0.25, 0.3) is 10.9 Å². The molecule has 1 saturated heterocycles. The van der Waals surface area contributed by atoms with Crippen LogP contribution < -0.4 is 16.0 Å². The molecular formula is C23H26Cl2N4O2. The molecule has 1 aliphatic heterocycles. The maximum atomic E-state index is 13.5. The van der Waals surface area contributed by atoms with Crippen molar-refractivity contribution in [2.75, 3.05) is 18.4 Å². The third kappa shape index (κ3) is 4.26. The second kappa shape index (κ2) is 8.71. The van der Waals surface area contributed by atoms with Gasteiger partial charge < -0.3 is 25.6 Å². The Morgan fingerprint density at radius 3 is 2.65 bits per heavy atom. The molecule has 0 radical (unpaired) electrons. The van der Waals surface area contributed by atoms with Gasteiger partial charge in [0.25, 0.3) is 5.91 Å². The van der Waals surface area contributed by atoms with E-state index < -0.39 is 11.8 Å². The molecule has 31 heavy (non-hydrogen) atoms. The number of amides is 1. The number of hydrogen-bond donors (Lipinski definition) is 4. The fourth-order valence-electron chi connectivity index (χ4n) is 4.34. The summed E-state index contributed by atoms with van der Waals surface area (Å²) in [4.78, 5) is 13.5. The highest BCUT2D eigenvalue weighted by atomic mass is 35.5. The summed E-state index contributed by atoms with van der Waals surface area (Å²) in [6.45, 7) is 3.27. The molecule has 1 unspecified atom stereocenters. The third-order valence-electron chi connectivity index (χ3n) is 5.95. The molecule has 4 rings (SSSR count). The molecule has 1 amide bonds. The Morgan fingerprint density at radius 2 is 1.94 bits per heavy atom. The maximum absolute atomic E-state index is 13.5. The standard InChI is InChI=1S/C23H26Cl2N4O2/c1-14(30)27-16-5-3-4-15(12-16)23(8-10-26-11-9-23)28-22(31)20-13-17-19(29(20)2)7-6-18(24)21(17)25/h3-7,12-14,26-27,30H,8-11H2,1-2H3,(H,28,31). The van der Waals surface area contributed by atoms with Gasteiger partial charge in [0.05, 0.1) is 15.6 Å². The van der Waals surface area contributed by atoms with Gasteiger partial charge in [-0.25, -0.2) is 0 Å². The molecule has 4 N–H and O–H groups in total. The molecule has 2 heterocycles. The van der Waals surface area contributed by atoms with Crippen molar-refractivity contribution >= 4 is 45.7 Å². The number of aliphatic hydroxyl groups is 1. The lowest BCUT2D eigenvalue weighted by Gasteiger charge is -2.39. The zero-order chi connectivity index (χ0) is 22.2.